The minimum atomic E-state index is -0.156. The van der Waals surface area contributed by atoms with Crippen molar-refractivity contribution in [1.82, 2.24) is 15.1 Å². The van der Waals surface area contributed by atoms with E-state index in [2.05, 4.69) is 10.4 Å². The lowest BCUT2D eigenvalue weighted by Gasteiger charge is -2.25. The lowest BCUT2D eigenvalue weighted by molar-refractivity contribution is -0.126. The molecule has 1 aliphatic rings. The van der Waals surface area contributed by atoms with Crippen molar-refractivity contribution in [2.24, 2.45) is 5.92 Å². The Hall–Kier alpha value is -2.50. The number of para-hydroxylation sites is 1. The first kappa shape index (κ1) is 16.4. The first-order valence-corrected chi connectivity index (χ1v) is 8.23. The summed E-state index contributed by atoms with van der Waals surface area (Å²) in [6.07, 6.45) is 5.37. The van der Waals surface area contributed by atoms with Crippen LogP contribution in [0.5, 0.6) is 11.5 Å². The molecular weight excluding hydrogens is 306 g/mol. The lowest BCUT2D eigenvalue weighted by atomic mass is 9.95. The Balaban J connectivity index is 1.47. The number of hydrogen-bond acceptors (Lipinski definition) is 4. The van der Waals surface area contributed by atoms with E-state index in [0.29, 0.717) is 19.6 Å². The van der Waals surface area contributed by atoms with E-state index >= 15 is 0 Å². The van der Waals surface area contributed by atoms with E-state index in [1.807, 2.05) is 42.2 Å². The number of fused-ring (bicyclic) bond motifs is 1. The maximum absolute atomic E-state index is 12.3. The Bertz CT molecular complexity index is 711. The van der Waals surface area contributed by atoms with E-state index in [4.69, 9.17) is 9.47 Å². The van der Waals surface area contributed by atoms with E-state index in [1.165, 1.54) is 0 Å². The van der Waals surface area contributed by atoms with Gasteiger partial charge >= 0.3 is 0 Å². The van der Waals surface area contributed by atoms with Gasteiger partial charge in [-0.2, -0.15) is 5.10 Å². The number of aryl methyl sites for hydroxylation is 2. The minimum Gasteiger partial charge on any atom is -0.493 e. The van der Waals surface area contributed by atoms with Crippen molar-refractivity contribution in [1.29, 1.82) is 0 Å². The molecule has 6 heteroatoms. The van der Waals surface area contributed by atoms with Crippen LogP contribution in [0, 0.1) is 12.8 Å². The van der Waals surface area contributed by atoms with Crippen molar-refractivity contribution >= 4 is 5.91 Å². The third-order valence-corrected chi connectivity index (χ3v) is 4.17. The predicted octanol–water partition coefficient (Wildman–Crippen LogP) is 1.96. The van der Waals surface area contributed by atoms with Crippen molar-refractivity contribution in [3.8, 4) is 11.5 Å². The van der Waals surface area contributed by atoms with Crippen LogP contribution in [0.1, 0.15) is 17.5 Å². The van der Waals surface area contributed by atoms with Gasteiger partial charge in [0.05, 0.1) is 19.2 Å². The normalized spacial score (nSPS) is 16.2. The van der Waals surface area contributed by atoms with Gasteiger partial charge in [0.1, 0.15) is 6.61 Å². The second kappa shape index (κ2) is 7.38. The van der Waals surface area contributed by atoms with Gasteiger partial charge in [-0.3, -0.25) is 9.48 Å². The molecule has 0 bridgehead atoms. The van der Waals surface area contributed by atoms with Crippen molar-refractivity contribution in [3.63, 3.8) is 0 Å². The largest absolute Gasteiger partial charge is 0.493 e. The van der Waals surface area contributed by atoms with Crippen LogP contribution in [0.2, 0.25) is 0 Å². The van der Waals surface area contributed by atoms with Crippen LogP contribution in [-0.4, -0.2) is 35.9 Å². The predicted molar refractivity (Wildman–Crippen MR) is 90.3 cm³/mol. The fraction of sp³-hybridized carbons (Fsp3) is 0.444. The van der Waals surface area contributed by atoms with Crippen molar-refractivity contribution in [3.05, 3.63) is 41.7 Å². The summed E-state index contributed by atoms with van der Waals surface area (Å²) in [6.45, 7) is 3.84. The molecule has 0 radical (unpaired) electrons. The number of amides is 1. The summed E-state index contributed by atoms with van der Waals surface area (Å²) in [7, 11) is 1.62. The quantitative estimate of drug-likeness (QED) is 0.823. The van der Waals surface area contributed by atoms with Crippen LogP contribution in [0.15, 0.2) is 30.6 Å². The van der Waals surface area contributed by atoms with Gasteiger partial charge in [0.15, 0.2) is 11.5 Å². The van der Waals surface area contributed by atoms with E-state index in [9.17, 15) is 4.79 Å². The molecule has 0 fully saturated rings. The molecule has 1 aliphatic heterocycles. The molecule has 128 valence electrons. The highest BCUT2D eigenvalue weighted by atomic mass is 16.5. The summed E-state index contributed by atoms with van der Waals surface area (Å²) >= 11 is 0. The Morgan fingerprint density at radius 1 is 1.50 bits per heavy atom. The second-order valence-electron chi connectivity index (χ2n) is 6.09. The zero-order valence-corrected chi connectivity index (χ0v) is 14.1. The molecule has 1 aromatic heterocycles. The fourth-order valence-electron chi connectivity index (χ4n) is 2.91. The molecule has 0 saturated carbocycles. The van der Waals surface area contributed by atoms with Gasteiger partial charge in [-0.25, -0.2) is 0 Å². The number of methoxy groups -OCH3 is 1. The molecule has 6 nitrogen and oxygen atoms in total. The van der Waals surface area contributed by atoms with E-state index in [0.717, 1.165) is 35.6 Å². The van der Waals surface area contributed by atoms with Crippen LogP contribution < -0.4 is 14.8 Å². The molecule has 0 aliphatic carbocycles. The van der Waals surface area contributed by atoms with Gasteiger partial charge in [0, 0.05) is 19.3 Å². The molecule has 1 aromatic carbocycles. The topological polar surface area (TPSA) is 65.4 Å². The van der Waals surface area contributed by atoms with E-state index in [-0.39, 0.29) is 11.8 Å². The molecule has 1 N–H and O–H groups in total. The van der Waals surface area contributed by atoms with E-state index < -0.39 is 0 Å². The molecule has 24 heavy (non-hydrogen) atoms. The highest BCUT2D eigenvalue weighted by Gasteiger charge is 2.27. The number of carbonyl (C=O) groups excluding carboxylic acids is 1. The van der Waals surface area contributed by atoms with Crippen LogP contribution in [0.25, 0.3) is 0 Å². The molecule has 2 heterocycles. The third kappa shape index (κ3) is 3.69. The Morgan fingerprint density at radius 3 is 3.12 bits per heavy atom. The average Bonchev–Trinajstić information content (AvgIpc) is 3.02. The van der Waals surface area contributed by atoms with Gasteiger partial charge in [0.2, 0.25) is 5.91 Å². The fourth-order valence-corrected chi connectivity index (χ4v) is 2.91. The molecule has 0 saturated heterocycles. The van der Waals surface area contributed by atoms with Crippen molar-refractivity contribution in [2.45, 2.75) is 26.3 Å². The van der Waals surface area contributed by atoms with Gasteiger partial charge in [-0.15, -0.1) is 0 Å². The van der Waals surface area contributed by atoms with Crippen molar-refractivity contribution in [2.75, 3.05) is 20.3 Å². The summed E-state index contributed by atoms with van der Waals surface area (Å²) in [5, 5.41) is 7.23. The third-order valence-electron chi connectivity index (χ3n) is 4.17. The molecule has 2 aromatic rings. The average molecular weight is 329 g/mol. The van der Waals surface area contributed by atoms with Crippen LogP contribution in [0.4, 0.5) is 0 Å². The molecule has 1 atom stereocenters. The van der Waals surface area contributed by atoms with Gasteiger partial charge in [-0.1, -0.05) is 12.1 Å². The molecule has 3 rings (SSSR count). The smallest absolute Gasteiger partial charge is 0.226 e. The summed E-state index contributed by atoms with van der Waals surface area (Å²) < 4.78 is 13.0. The second-order valence-corrected chi connectivity index (χ2v) is 6.09. The summed E-state index contributed by atoms with van der Waals surface area (Å²) in [6, 6.07) is 5.78. The Morgan fingerprint density at radius 2 is 2.38 bits per heavy atom. The first-order chi connectivity index (χ1) is 11.7. The number of nitrogens with zero attached hydrogens (tertiary/aromatic N) is 2. The van der Waals surface area contributed by atoms with Gasteiger partial charge < -0.3 is 14.8 Å². The van der Waals surface area contributed by atoms with Crippen molar-refractivity contribution < 1.29 is 14.3 Å². The summed E-state index contributed by atoms with van der Waals surface area (Å²) in [4.78, 5) is 12.3. The van der Waals surface area contributed by atoms with Crippen LogP contribution in [0.3, 0.4) is 0 Å². The molecule has 0 spiro atoms. The highest BCUT2D eigenvalue weighted by molar-refractivity contribution is 5.79. The number of nitrogens with one attached hydrogen (secondary N) is 1. The molecule has 0 unspecified atom stereocenters. The van der Waals surface area contributed by atoms with E-state index in [1.54, 1.807) is 7.11 Å². The van der Waals surface area contributed by atoms with Crippen LogP contribution in [-0.2, 0) is 17.8 Å². The maximum atomic E-state index is 12.3. The summed E-state index contributed by atoms with van der Waals surface area (Å²) in [5.74, 6) is 1.37. The summed E-state index contributed by atoms with van der Waals surface area (Å²) in [5.41, 5.74) is 2.17. The standard InChI is InChI=1S/C18H23N3O3/c1-13-10-20-21(11-13)8-4-7-19-18(22)15-9-14-5-3-6-16(23-2)17(14)24-12-15/h3,5-6,10-11,15H,4,7-9,12H2,1-2H3,(H,19,22)/t15-/m0/s1. The number of ether oxygens (including phenoxy) is 2. The zero-order valence-electron chi connectivity index (χ0n) is 14.1. The number of hydrogen-bond donors (Lipinski definition) is 1. The number of rotatable bonds is 6. The molecular formula is C18H23N3O3. The monoisotopic (exact) mass is 329 g/mol. The van der Waals surface area contributed by atoms with Gasteiger partial charge in [0.25, 0.3) is 0 Å². The number of carbonyl (C=O) groups is 1. The highest BCUT2D eigenvalue weighted by Crippen LogP contribution is 2.35. The maximum Gasteiger partial charge on any atom is 0.226 e. The SMILES string of the molecule is COc1cccc2c1OC[C@@H](C(=O)NCCCn1cc(C)cn1)C2. The zero-order chi connectivity index (χ0) is 16.9. The first-order valence-electron chi connectivity index (χ1n) is 8.23. The number of aromatic nitrogens is 2. The Kier molecular flexibility index (Phi) is 5.03. The minimum absolute atomic E-state index is 0.0418. The van der Waals surface area contributed by atoms with Crippen LogP contribution >= 0.6 is 0 Å². The Labute approximate surface area is 141 Å². The number of benzene rings is 1. The van der Waals surface area contributed by atoms with Gasteiger partial charge in [-0.05, 0) is 37.0 Å². The lowest BCUT2D eigenvalue weighted by Crippen LogP contribution is -2.38. The molecule has 1 amide bonds.